The second-order valence-corrected chi connectivity index (χ2v) is 9.66. The zero-order valence-electron chi connectivity index (χ0n) is 15.9. The standard InChI is InChI=1S/C19H27ClN2O4S/c1-14-13-16(20)3-4-19(14)27(24,25)21-9-5-17(6-10-21)22(15(2)23)18-7-11-26-12-8-18/h3-4,13,17-18H,5-12H2,1-2H3. The van der Waals surface area contributed by atoms with E-state index in [1.807, 2.05) is 4.90 Å². The Morgan fingerprint density at radius 3 is 2.30 bits per heavy atom. The fraction of sp³-hybridized carbons (Fsp3) is 0.632. The number of sulfonamides is 1. The summed E-state index contributed by atoms with van der Waals surface area (Å²) in [4.78, 5) is 14.5. The number of amides is 1. The van der Waals surface area contributed by atoms with Gasteiger partial charge in [-0.15, -0.1) is 0 Å². The lowest BCUT2D eigenvalue weighted by Crippen LogP contribution is -2.53. The molecule has 0 atom stereocenters. The van der Waals surface area contributed by atoms with Gasteiger partial charge in [-0.25, -0.2) is 8.42 Å². The summed E-state index contributed by atoms with van der Waals surface area (Å²) >= 11 is 5.96. The second-order valence-electron chi connectivity index (χ2n) is 7.31. The molecule has 0 aromatic heterocycles. The normalized spacial score (nSPS) is 20.6. The van der Waals surface area contributed by atoms with Crippen LogP contribution < -0.4 is 0 Å². The van der Waals surface area contributed by atoms with E-state index in [1.165, 1.54) is 4.31 Å². The molecule has 0 spiro atoms. The number of nitrogens with zero attached hydrogens (tertiary/aromatic N) is 2. The summed E-state index contributed by atoms with van der Waals surface area (Å²) in [6.07, 6.45) is 3.01. The summed E-state index contributed by atoms with van der Waals surface area (Å²) in [6, 6.07) is 5.13. The van der Waals surface area contributed by atoms with Gasteiger partial charge in [0.25, 0.3) is 0 Å². The summed E-state index contributed by atoms with van der Waals surface area (Å²) in [5.74, 6) is 0.0664. The Kier molecular flexibility index (Phi) is 6.46. The highest BCUT2D eigenvalue weighted by molar-refractivity contribution is 7.89. The Morgan fingerprint density at radius 2 is 1.74 bits per heavy atom. The van der Waals surface area contributed by atoms with Crippen LogP contribution >= 0.6 is 11.6 Å². The molecule has 0 radical (unpaired) electrons. The SMILES string of the molecule is CC(=O)N(C1CCOCC1)C1CCN(S(=O)(=O)c2ccc(Cl)cc2C)CC1. The van der Waals surface area contributed by atoms with Crippen molar-refractivity contribution in [1.29, 1.82) is 0 Å². The number of hydrogen-bond donors (Lipinski definition) is 0. The van der Waals surface area contributed by atoms with Gasteiger partial charge in [0.1, 0.15) is 0 Å². The summed E-state index contributed by atoms with van der Waals surface area (Å²) in [6.45, 7) is 5.56. The fourth-order valence-corrected chi connectivity index (χ4v) is 6.08. The Morgan fingerprint density at radius 1 is 1.15 bits per heavy atom. The lowest BCUT2D eigenvalue weighted by molar-refractivity contribution is -0.137. The second kappa shape index (κ2) is 8.47. The Labute approximate surface area is 166 Å². The van der Waals surface area contributed by atoms with Crippen LogP contribution in [0.15, 0.2) is 23.1 Å². The van der Waals surface area contributed by atoms with Gasteiger partial charge in [-0.3, -0.25) is 4.79 Å². The predicted octanol–water partition coefficient (Wildman–Crippen LogP) is 2.83. The van der Waals surface area contributed by atoms with Crippen molar-refractivity contribution in [3.8, 4) is 0 Å². The molecule has 8 heteroatoms. The summed E-state index contributed by atoms with van der Waals surface area (Å²) in [7, 11) is -3.55. The zero-order valence-corrected chi connectivity index (χ0v) is 17.4. The van der Waals surface area contributed by atoms with E-state index in [-0.39, 0.29) is 18.0 Å². The molecule has 1 aromatic rings. The third-order valence-electron chi connectivity index (χ3n) is 5.52. The van der Waals surface area contributed by atoms with Crippen molar-refractivity contribution in [2.24, 2.45) is 0 Å². The number of carbonyl (C=O) groups is 1. The van der Waals surface area contributed by atoms with Gasteiger partial charge < -0.3 is 9.64 Å². The minimum Gasteiger partial charge on any atom is -0.381 e. The maximum atomic E-state index is 13.0. The van der Waals surface area contributed by atoms with E-state index < -0.39 is 10.0 Å². The maximum Gasteiger partial charge on any atom is 0.243 e. The molecule has 2 heterocycles. The highest BCUT2D eigenvalue weighted by atomic mass is 35.5. The van der Waals surface area contributed by atoms with Crippen molar-refractivity contribution < 1.29 is 17.9 Å². The molecule has 0 aliphatic carbocycles. The predicted molar refractivity (Wildman–Crippen MR) is 104 cm³/mol. The molecule has 0 unspecified atom stereocenters. The molecular formula is C19H27ClN2O4S. The largest absolute Gasteiger partial charge is 0.381 e. The van der Waals surface area contributed by atoms with Gasteiger partial charge in [-0.2, -0.15) is 4.31 Å². The van der Waals surface area contributed by atoms with Crippen LogP contribution in [0.1, 0.15) is 38.2 Å². The monoisotopic (exact) mass is 414 g/mol. The summed E-state index contributed by atoms with van der Waals surface area (Å²) in [5, 5.41) is 0.527. The number of hydrogen-bond acceptors (Lipinski definition) is 4. The molecule has 0 saturated carbocycles. The number of piperidine rings is 1. The minimum absolute atomic E-state index is 0.0664. The van der Waals surface area contributed by atoms with E-state index in [1.54, 1.807) is 32.0 Å². The number of halogens is 1. The minimum atomic E-state index is -3.55. The Hall–Kier alpha value is -1.15. The van der Waals surface area contributed by atoms with Crippen molar-refractivity contribution in [1.82, 2.24) is 9.21 Å². The average molecular weight is 415 g/mol. The van der Waals surface area contributed by atoms with Crippen LogP contribution in [0, 0.1) is 6.92 Å². The highest BCUT2D eigenvalue weighted by Crippen LogP contribution is 2.28. The van der Waals surface area contributed by atoms with Crippen molar-refractivity contribution in [3.05, 3.63) is 28.8 Å². The molecule has 2 saturated heterocycles. The lowest BCUT2D eigenvalue weighted by Gasteiger charge is -2.43. The molecule has 3 rings (SSSR count). The molecule has 2 fully saturated rings. The molecule has 2 aliphatic heterocycles. The average Bonchev–Trinajstić information content (AvgIpc) is 2.62. The molecule has 1 amide bonds. The van der Waals surface area contributed by atoms with E-state index in [0.717, 1.165) is 12.8 Å². The van der Waals surface area contributed by atoms with Crippen molar-refractivity contribution in [3.63, 3.8) is 0 Å². The van der Waals surface area contributed by atoms with Crippen molar-refractivity contribution in [2.75, 3.05) is 26.3 Å². The molecule has 0 bridgehead atoms. The van der Waals surface area contributed by atoms with Gasteiger partial charge in [0, 0.05) is 50.3 Å². The molecule has 150 valence electrons. The number of ether oxygens (including phenoxy) is 1. The molecule has 0 N–H and O–H groups in total. The quantitative estimate of drug-likeness (QED) is 0.759. The first-order valence-corrected chi connectivity index (χ1v) is 11.3. The number of benzene rings is 1. The Balaban J connectivity index is 1.71. The van der Waals surface area contributed by atoms with Crippen molar-refractivity contribution in [2.45, 2.75) is 56.5 Å². The Bertz CT molecular complexity index is 785. The fourth-order valence-electron chi connectivity index (χ4n) is 4.18. The van der Waals surface area contributed by atoms with Gasteiger partial charge in [-0.05, 0) is 56.4 Å². The number of aryl methyl sites for hydroxylation is 1. The molecule has 27 heavy (non-hydrogen) atoms. The smallest absolute Gasteiger partial charge is 0.243 e. The first-order chi connectivity index (χ1) is 12.8. The first kappa shape index (κ1) is 20.6. The molecule has 1 aromatic carbocycles. The van der Waals surface area contributed by atoms with Gasteiger partial charge in [0.2, 0.25) is 15.9 Å². The summed E-state index contributed by atoms with van der Waals surface area (Å²) < 4.78 is 33.0. The van der Waals surface area contributed by atoms with Crippen LogP contribution in [-0.4, -0.2) is 61.9 Å². The van der Waals surface area contributed by atoms with E-state index in [2.05, 4.69) is 0 Å². The zero-order chi connectivity index (χ0) is 19.6. The van der Waals surface area contributed by atoms with Gasteiger partial charge in [-0.1, -0.05) is 11.6 Å². The maximum absolute atomic E-state index is 13.0. The van der Waals surface area contributed by atoms with Crippen LogP contribution in [0.3, 0.4) is 0 Å². The molecular weight excluding hydrogens is 388 g/mol. The van der Waals surface area contributed by atoms with E-state index >= 15 is 0 Å². The first-order valence-electron chi connectivity index (χ1n) is 9.43. The van der Waals surface area contributed by atoms with E-state index in [0.29, 0.717) is 54.6 Å². The van der Waals surface area contributed by atoms with Crippen LogP contribution in [0.2, 0.25) is 5.02 Å². The van der Waals surface area contributed by atoms with Crippen molar-refractivity contribution >= 4 is 27.5 Å². The van der Waals surface area contributed by atoms with Gasteiger partial charge in [0.15, 0.2) is 0 Å². The number of rotatable bonds is 4. The number of carbonyl (C=O) groups excluding carboxylic acids is 1. The van der Waals surface area contributed by atoms with Crippen LogP contribution in [-0.2, 0) is 19.6 Å². The highest BCUT2D eigenvalue weighted by Gasteiger charge is 2.36. The topological polar surface area (TPSA) is 66.9 Å². The van der Waals surface area contributed by atoms with Crippen LogP contribution in [0.5, 0.6) is 0 Å². The lowest BCUT2D eigenvalue weighted by atomic mass is 9.99. The summed E-state index contributed by atoms with van der Waals surface area (Å²) in [5.41, 5.74) is 0.650. The van der Waals surface area contributed by atoms with Gasteiger partial charge >= 0.3 is 0 Å². The van der Waals surface area contributed by atoms with Crippen LogP contribution in [0.4, 0.5) is 0 Å². The third-order valence-corrected chi connectivity index (χ3v) is 7.81. The van der Waals surface area contributed by atoms with E-state index in [9.17, 15) is 13.2 Å². The molecule has 2 aliphatic rings. The van der Waals surface area contributed by atoms with Crippen LogP contribution in [0.25, 0.3) is 0 Å². The molecule has 6 nitrogen and oxygen atoms in total. The van der Waals surface area contributed by atoms with Gasteiger partial charge in [0.05, 0.1) is 4.90 Å². The third kappa shape index (κ3) is 4.47. The van der Waals surface area contributed by atoms with E-state index in [4.69, 9.17) is 16.3 Å².